The lowest BCUT2D eigenvalue weighted by Crippen LogP contribution is -2.52. The summed E-state index contributed by atoms with van der Waals surface area (Å²) in [4.78, 5) is 31.7. The molecule has 9 heteroatoms. The molecule has 2 fully saturated rings. The van der Waals surface area contributed by atoms with Gasteiger partial charge in [-0.3, -0.25) is 4.79 Å². The van der Waals surface area contributed by atoms with Gasteiger partial charge in [0.1, 0.15) is 11.8 Å². The minimum Gasteiger partial charge on any atom is -0.467 e. The Bertz CT molecular complexity index is 781. The van der Waals surface area contributed by atoms with Crippen LogP contribution in [0.2, 0.25) is 0 Å². The van der Waals surface area contributed by atoms with Crippen LogP contribution in [0.15, 0.2) is 27.3 Å². The molecule has 2 aliphatic rings. The van der Waals surface area contributed by atoms with E-state index < -0.39 is 0 Å². The van der Waals surface area contributed by atoms with Crippen molar-refractivity contribution < 1.29 is 18.5 Å². The van der Waals surface area contributed by atoms with Gasteiger partial charge in [-0.1, -0.05) is 5.16 Å². The van der Waals surface area contributed by atoms with E-state index in [4.69, 9.17) is 8.94 Å². The lowest BCUT2D eigenvalue weighted by molar-refractivity contribution is -0.130. The minimum absolute atomic E-state index is 0.0234. The highest BCUT2D eigenvalue weighted by atomic mass is 16.5. The van der Waals surface area contributed by atoms with Gasteiger partial charge in [-0.2, -0.15) is 4.98 Å². The van der Waals surface area contributed by atoms with Gasteiger partial charge in [0.05, 0.1) is 18.7 Å². The van der Waals surface area contributed by atoms with Gasteiger partial charge in [-0.25, -0.2) is 4.79 Å². The van der Waals surface area contributed by atoms with Crippen molar-refractivity contribution in [2.24, 2.45) is 0 Å². The van der Waals surface area contributed by atoms with Crippen molar-refractivity contribution in [3.8, 4) is 0 Å². The molecule has 2 aliphatic heterocycles. The number of urea groups is 1. The van der Waals surface area contributed by atoms with Crippen LogP contribution in [0, 0.1) is 0 Å². The number of hydrogen-bond acceptors (Lipinski definition) is 6. The van der Waals surface area contributed by atoms with Gasteiger partial charge < -0.3 is 24.1 Å². The maximum absolute atomic E-state index is 12.1. The fourth-order valence-electron chi connectivity index (χ4n) is 3.44. The molecule has 138 valence electrons. The average Bonchev–Trinajstić information content (AvgIpc) is 3.31. The molecule has 1 N–H and O–H groups in total. The number of hydrogen-bond donors (Lipinski definition) is 1. The third-order valence-corrected chi connectivity index (χ3v) is 4.93. The third kappa shape index (κ3) is 3.16. The molecule has 4 heterocycles. The molecule has 9 nitrogen and oxygen atoms in total. The van der Waals surface area contributed by atoms with Crippen LogP contribution in [0.4, 0.5) is 4.79 Å². The van der Waals surface area contributed by atoms with Gasteiger partial charge in [-0.15, -0.1) is 0 Å². The zero-order chi connectivity index (χ0) is 18.1. The van der Waals surface area contributed by atoms with Crippen molar-refractivity contribution in [3.63, 3.8) is 0 Å². The Hall–Kier alpha value is -2.84. The largest absolute Gasteiger partial charge is 0.467 e. The molecule has 4 rings (SSSR count). The van der Waals surface area contributed by atoms with Gasteiger partial charge in [0.2, 0.25) is 11.8 Å². The molecular formula is C17H21N5O4. The first-order valence-corrected chi connectivity index (χ1v) is 8.77. The lowest BCUT2D eigenvalue weighted by Gasteiger charge is -2.37. The molecule has 0 aromatic carbocycles. The maximum atomic E-state index is 12.1. The maximum Gasteiger partial charge on any atom is 0.317 e. The predicted octanol–water partition coefficient (Wildman–Crippen LogP) is 1.65. The number of nitrogens with zero attached hydrogens (tertiary/aromatic N) is 4. The normalized spacial score (nSPS) is 20.3. The number of carbonyl (C=O) groups excluding carboxylic acids is 2. The first-order chi connectivity index (χ1) is 12.6. The number of aromatic nitrogens is 2. The quantitative estimate of drug-likeness (QED) is 0.890. The zero-order valence-corrected chi connectivity index (χ0v) is 14.6. The van der Waals surface area contributed by atoms with Crippen LogP contribution in [-0.2, 0) is 11.3 Å². The highest BCUT2D eigenvalue weighted by molar-refractivity contribution is 5.75. The first kappa shape index (κ1) is 16.6. The van der Waals surface area contributed by atoms with Crippen LogP contribution in [0.25, 0.3) is 0 Å². The molecule has 2 aromatic heterocycles. The number of carbonyl (C=O) groups is 2. The highest BCUT2D eigenvalue weighted by Gasteiger charge is 2.37. The topological polar surface area (TPSA) is 105 Å². The smallest absolute Gasteiger partial charge is 0.317 e. The van der Waals surface area contributed by atoms with E-state index in [1.54, 1.807) is 29.1 Å². The van der Waals surface area contributed by atoms with Crippen LogP contribution in [0.1, 0.15) is 49.2 Å². The summed E-state index contributed by atoms with van der Waals surface area (Å²) in [6.45, 7) is 3.74. The summed E-state index contributed by atoms with van der Waals surface area (Å²) in [5, 5.41) is 6.87. The van der Waals surface area contributed by atoms with Crippen molar-refractivity contribution in [1.29, 1.82) is 0 Å². The monoisotopic (exact) mass is 359 g/mol. The number of amides is 3. The Labute approximate surface area is 150 Å². The molecule has 1 atom stereocenters. The summed E-state index contributed by atoms with van der Waals surface area (Å²) in [5.74, 6) is 1.90. The van der Waals surface area contributed by atoms with Crippen molar-refractivity contribution in [2.45, 2.75) is 38.3 Å². The fraction of sp³-hybridized carbons (Fsp3) is 0.529. The SMILES string of the molecule is CC(=O)N1CCCC1c1nc(C2CN(C(=O)NCc3ccco3)C2)no1. The first-order valence-electron chi connectivity index (χ1n) is 8.77. The van der Waals surface area contributed by atoms with E-state index in [-0.39, 0.29) is 23.9 Å². The van der Waals surface area contributed by atoms with Gasteiger partial charge in [0, 0.05) is 26.6 Å². The Kier molecular flexibility index (Phi) is 4.36. The van der Waals surface area contributed by atoms with Crippen LogP contribution >= 0.6 is 0 Å². The molecule has 0 saturated carbocycles. The van der Waals surface area contributed by atoms with Gasteiger partial charge in [0.25, 0.3) is 0 Å². The van der Waals surface area contributed by atoms with E-state index in [2.05, 4.69) is 15.5 Å². The second kappa shape index (κ2) is 6.81. The van der Waals surface area contributed by atoms with Gasteiger partial charge in [-0.05, 0) is 25.0 Å². The van der Waals surface area contributed by atoms with E-state index in [1.165, 1.54) is 0 Å². The standard InChI is InChI=1S/C17H21N5O4/c1-11(23)22-6-2-5-14(22)16-19-15(20-26-16)12-9-21(10-12)17(24)18-8-13-4-3-7-25-13/h3-4,7,12,14H,2,5-6,8-10H2,1H3,(H,18,24). The zero-order valence-electron chi connectivity index (χ0n) is 14.6. The van der Waals surface area contributed by atoms with Crippen LogP contribution in [0.3, 0.4) is 0 Å². The van der Waals surface area contributed by atoms with E-state index >= 15 is 0 Å². The third-order valence-electron chi connectivity index (χ3n) is 4.93. The fourth-order valence-corrected chi connectivity index (χ4v) is 3.44. The van der Waals surface area contributed by atoms with Crippen molar-refractivity contribution in [2.75, 3.05) is 19.6 Å². The average molecular weight is 359 g/mol. The second-order valence-electron chi connectivity index (χ2n) is 6.70. The Morgan fingerprint density at radius 3 is 2.96 bits per heavy atom. The van der Waals surface area contributed by atoms with Gasteiger partial charge >= 0.3 is 6.03 Å². The van der Waals surface area contributed by atoms with E-state index in [1.807, 2.05) is 6.07 Å². The molecule has 26 heavy (non-hydrogen) atoms. The molecule has 2 aromatic rings. The summed E-state index contributed by atoms with van der Waals surface area (Å²) in [6, 6.07) is 3.33. The molecule has 0 aliphatic carbocycles. The summed E-state index contributed by atoms with van der Waals surface area (Å²) >= 11 is 0. The summed E-state index contributed by atoms with van der Waals surface area (Å²) < 4.78 is 10.6. The molecule has 0 radical (unpaired) electrons. The lowest BCUT2D eigenvalue weighted by atomic mass is 10.0. The second-order valence-corrected chi connectivity index (χ2v) is 6.70. The van der Waals surface area contributed by atoms with Crippen molar-refractivity contribution >= 4 is 11.9 Å². The predicted molar refractivity (Wildman–Crippen MR) is 88.9 cm³/mol. The summed E-state index contributed by atoms with van der Waals surface area (Å²) in [7, 11) is 0. The van der Waals surface area contributed by atoms with Crippen molar-refractivity contribution in [3.05, 3.63) is 35.9 Å². The number of furan rings is 1. The summed E-state index contributed by atoms with van der Waals surface area (Å²) in [5.41, 5.74) is 0. The van der Waals surface area contributed by atoms with E-state index in [9.17, 15) is 9.59 Å². The summed E-state index contributed by atoms with van der Waals surface area (Å²) in [6.07, 6.45) is 3.36. The van der Waals surface area contributed by atoms with Crippen LogP contribution < -0.4 is 5.32 Å². The number of rotatable bonds is 4. The Balaban J connectivity index is 1.30. The number of nitrogens with one attached hydrogen (secondary N) is 1. The van der Waals surface area contributed by atoms with Crippen LogP contribution in [-0.4, -0.2) is 51.5 Å². The molecular weight excluding hydrogens is 338 g/mol. The Morgan fingerprint density at radius 1 is 1.38 bits per heavy atom. The van der Waals surface area contributed by atoms with E-state index in [0.717, 1.165) is 19.4 Å². The van der Waals surface area contributed by atoms with Gasteiger partial charge in [0.15, 0.2) is 5.82 Å². The molecule has 0 bridgehead atoms. The van der Waals surface area contributed by atoms with Crippen molar-refractivity contribution in [1.82, 2.24) is 25.3 Å². The Morgan fingerprint density at radius 2 is 2.23 bits per heavy atom. The van der Waals surface area contributed by atoms with Crippen LogP contribution in [0.5, 0.6) is 0 Å². The minimum atomic E-state index is -0.139. The van der Waals surface area contributed by atoms with E-state index in [0.29, 0.717) is 37.1 Å². The molecule has 1 unspecified atom stereocenters. The number of likely N-dealkylation sites (tertiary alicyclic amines) is 2. The molecule has 2 saturated heterocycles. The highest BCUT2D eigenvalue weighted by Crippen LogP contribution is 2.32. The molecule has 3 amide bonds. The molecule has 0 spiro atoms.